The van der Waals surface area contributed by atoms with Crippen molar-refractivity contribution in [3.63, 3.8) is 0 Å². The fourth-order valence-corrected chi connectivity index (χ4v) is 3.63. The van der Waals surface area contributed by atoms with Crippen molar-refractivity contribution in [1.82, 2.24) is 4.98 Å². The number of amides is 1. The molecule has 0 saturated carbocycles. The maximum absolute atomic E-state index is 12.9. The molecule has 27 heavy (non-hydrogen) atoms. The number of aromatic nitrogens is 1. The van der Waals surface area contributed by atoms with Gasteiger partial charge in [0.1, 0.15) is 11.5 Å². The third kappa shape index (κ3) is 3.85. The van der Waals surface area contributed by atoms with Crippen LogP contribution >= 0.6 is 0 Å². The normalized spacial score (nSPS) is 15.7. The molecular formula is C23H22N2O2. The standard InChI is InChI=1S/C23H22N2O2/c1-16-14-18(11-12-22(16)27-19-8-5-13-24-15-19)25-23(26)21-10-4-7-17-6-2-3-9-20(17)21/h2-3,5-6,8-9,11-15,21H,4,7,10H2,1H3,(H,25,26). The zero-order valence-corrected chi connectivity index (χ0v) is 15.3. The van der Waals surface area contributed by atoms with Crippen LogP contribution in [0.5, 0.6) is 11.5 Å². The average Bonchev–Trinajstić information content (AvgIpc) is 2.70. The summed E-state index contributed by atoms with van der Waals surface area (Å²) in [5, 5.41) is 3.08. The number of aryl methyl sites for hydroxylation is 2. The Morgan fingerprint density at radius 1 is 1.15 bits per heavy atom. The van der Waals surface area contributed by atoms with Gasteiger partial charge in [0, 0.05) is 11.9 Å². The van der Waals surface area contributed by atoms with Gasteiger partial charge < -0.3 is 10.1 Å². The van der Waals surface area contributed by atoms with Crippen molar-refractivity contribution in [3.8, 4) is 11.5 Å². The summed E-state index contributed by atoms with van der Waals surface area (Å²) in [6.07, 6.45) is 6.38. The number of pyridine rings is 1. The van der Waals surface area contributed by atoms with Crippen molar-refractivity contribution in [2.75, 3.05) is 5.32 Å². The molecule has 1 aliphatic rings. The second-order valence-electron chi connectivity index (χ2n) is 6.90. The van der Waals surface area contributed by atoms with Crippen LogP contribution in [0.2, 0.25) is 0 Å². The quantitative estimate of drug-likeness (QED) is 0.694. The van der Waals surface area contributed by atoms with E-state index in [1.807, 2.05) is 49.4 Å². The van der Waals surface area contributed by atoms with E-state index < -0.39 is 0 Å². The van der Waals surface area contributed by atoms with Gasteiger partial charge in [-0.15, -0.1) is 0 Å². The van der Waals surface area contributed by atoms with Gasteiger partial charge in [-0.3, -0.25) is 9.78 Å². The molecule has 1 atom stereocenters. The van der Waals surface area contributed by atoms with E-state index in [9.17, 15) is 4.79 Å². The lowest BCUT2D eigenvalue weighted by Crippen LogP contribution is -2.24. The van der Waals surface area contributed by atoms with Gasteiger partial charge in [0.15, 0.2) is 0 Å². The predicted octanol–water partition coefficient (Wildman–Crippen LogP) is 5.24. The fourth-order valence-electron chi connectivity index (χ4n) is 3.63. The van der Waals surface area contributed by atoms with E-state index in [2.05, 4.69) is 22.4 Å². The minimum absolute atomic E-state index is 0.0578. The molecule has 4 nitrogen and oxygen atoms in total. The first-order valence-corrected chi connectivity index (χ1v) is 9.28. The van der Waals surface area contributed by atoms with Crippen LogP contribution in [0, 0.1) is 6.92 Å². The Labute approximate surface area is 159 Å². The van der Waals surface area contributed by atoms with Gasteiger partial charge in [0.05, 0.1) is 12.1 Å². The predicted molar refractivity (Wildman–Crippen MR) is 106 cm³/mol. The SMILES string of the molecule is Cc1cc(NC(=O)C2CCCc3ccccc32)ccc1Oc1cccnc1. The summed E-state index contributed by atoms with van der Waals surface area (Å²) in [7, 11) is 0. The van der Waals surface area contributed by atoms with E-state index in [0.717, 1.165) is 41.8 Å². The molecule has 1 aromatic heterocycles. The van der Waals surface area contributed by atoms with Gasteiger partial charge in [-0.25, -0.2) is 0 Å². The molecule has 0 aliphatic heterocycles. The second kappa shape index (κ2) is 7.62. The number of nitrogens with zero attached hydrogens (tertiary/aromatic N) is 1. The molecule has 4 heteroatoms. The number of hydrogen-bond donors (Lipinski definition) is 1. The van der Waals surface area contributed by atoms with Gasteiger partial charge >= 0.3 is 0 Å². The van der Waals surface area contributed by atoms with E-state index in [1.165, 1.54) is 5.56 Å². The molecule has 3 aromatic rings. The number of anilines is 1. The monoisotopic (exact) mass is 358 g/mol. The lowest BCUT2D eigenvalue weighted by molar-refractivity contribution is -0.117. The van der Waals surface area contributed by atoms with E-state index in [0.29, 0.717) is 5.75 Å². The lowest BCUT2D eigenvalue weighted by Gasteiger charge is -2.24. The van der Waals surface area contributed by atoms with Crippen LogP contribution in [0.15, 0.2) is 67.0 Å². The molecule has 1 aliphatic carbocycles. The summed E-state index contributed by atoms with van der Waals surface area (Å²) >= 11 is 0. The Morgan fingerprint density at radius 3 is 2.85 bits per heavy atom. The minimum atomic E-state index is -0.0819. The van der Waals surface area contributed by atoms with E-state index in [1.54, 1.807) is 12.4 Å². The summed E-state index contributed by atoms with van der Waals surface area (Å²) in [5.41, 5.74) is 4.20. The maximum atomic E-state index is 12.9. The second-order valence-corrected chi connectivity index (χ2v) is 6.90. The lowest BCUT2D eigenvalue weighted by atomic mass is 9.82. The van der Waals surface area contributed by atoms with E-state index in [4.69, 9.17) is 4.74 Å². The molecule has 0 radical (unpaired) electrons. The Kier molecular flexibility index (Phi) is 4.88. The number of carbonyl (C=O) groups is 1. The summed E-state index contributed by atoms with van der Waals surface area (Å²) in [6, 6.07) is 17.7. The zero-order chi connectivity index (χ0) is 18.6. The summed E-state index contributed by atoms with van der Waals surface area (Å²) in [5.74, 6) is 1.42. The molecule has 0 bridgehead atoms. The molecule has 1 unspecified atom stereocenters. The molecule has 1 amide bonds. The first kappa shape index (κ1) is 17.3. The van der Waals surface area contributed by atoms with Crippen LogP contribution in [0.3, 0.4) is 0 Å². The highest BCUT2D eigenvalue weighted by Crippen LogP contribution is 2.33. The van der Waals surface area contributed by atoms with Gasteiger partial charge in [-0.2, -0.15) is 0 Å². The number of rotatable bonds is 4. The van der Waals surface area contributed by atoms with Crippen LogP contribution in [0.4, 0.5) is 5.69 Å². The molecule has 1 N–H and O–H groups in total. The largest absolute Gasteiger partial charge is 0.455 e. The Bertz CT molecular complexity index is 954. The third-order valence-electron chi connectivity index (χ3n) is 4.99. The fraction of sp³-hybridized carbons (Fsp3) is 0.217. The van der Waals surface area contributed by atoms with Gasteiger partial charge in [0.2, 0.25) is 5.91 Å². The average molecular weight is 358 g/mol. The van der Waals surface area contributed by atoms with Crippen molar-refractivity contribution >= 4 is 11.6 Å². The molecule has 0 spiro atoms. The van der Waals surface area contributed by atoms with Crippen LogP contribution in [-0.4, -0.2) is 10.9 Å². The highest BCUT2D eigenvalue weighted by atomic mass is 16.5. The molecule has 2 aromatic carbocycles. The molecular weight excluding hydrogens is 336 g/mol. The van der Waals surface area contributed by atoms with Gasteiger partial charge in [-0.1, -0.05) is 24.3 Å². The van der Waals surface area contributed by atoms with Crippen molar-refractivity contribution in [3.05, 3.63) is 83.7 Å². The van der Waals surface area contributed by atoms with Crippen LogP contribution in [-0.2, 0) is 11.2 Å². The van der Waals surface area contributed by atoms with Crippen LogP contribution < -0.4 is 10.1 Å². The number of ether oxygens (including phenoxy) is 1. The topological polar surface area (TPSA) is 51.2 Å². The Hall–Kier alpha value is -3.14. The first-order chi connectivity index (χ1) is 13.2. The number of benzene rings is 2. The minimum Gasteiger partial charge on any atom is -0.455 e. The van der Waals surface area contributed by atoms with Crippen LogP contribution in [0.1, 0.15) is 35.4 Å². The molecule has 4 rings (SSSR count). The van der Waals surface area contributed by atoms with E-state index >= 15 is 0 Å². The van der Waals surface area contributed by atoms with Crippen molar-refractivity contribution in [2.24, 2.45) is 0 Å². The Morgan fingerprint density at radius 2 is 2.04 bits per heavy atom. The summed E-state index contributed by atoms with van der Waals surface area (Å²) in [4.78, 5) is 16.9. The number of hydrogen-bond acceptors (Lipinski definition) is 3. The summed E-state index contributed by atoms with van der Waals surface area (Å²) in [6.45, 7) is 1.97. The molecule has 136 valence electrons. The van der Waals surface area contributed by atoms with Crippen LogP contribution in [0.25, 0.3) is 0 Å². The number of nitrogens with one attached hydrogen (secondary N) is 1. The maximum Gasteiger partial charge on any atom is 0.231 e. The highest BCUT2D eigenvalue weighted by molar-refractivity contribution is 5.96. The zero-order valence-electron chi connectivity index (χ0n) is 15.3. The Balaban J connectivity index is 1.49. The summed E-state index contributed by atoms with van der Waals surface area (Å²) < 4.78 is 5.86. The van der Waals surface area contributed by atoms with E-state index in [-0.39, 0.29) is 11.8 Å². The smallest absolute Gasteiger partial charge is 0.231 e. The molecule has 1 heterocycles. The molecule has 0 saturated heterocycles. The van der Waals surface area contributed by atoms with Gasteiger partial charge in [0.25, 0.3) is 0 Å². The first-order valence-electron chi connectivity index (χ1n) is 9.28. The number of fused-ring (bicyclic) bond motifs is 1. The third-order valence-corrected chi connectivity index (χ3v) is 4.99. The highest BCUT2D eigenvalue weighted by Gasteiger charge is 2.26. The van der Waals surface area contributed by atoms with Crippen molar-refractivity contribution in [1.29, 1.82) is 0 Å². The van der Waals surface area contributed by atoms with Crippen molar-refractivity contribution in [2.45, 2.75) is 32.1 Å². The van der Waals surface area contributed by atoms with Gasteiger partial charge in [-0.05, 0) is 73.2 Å². The van der Waals surface area contributed by atoms with Crippen molar-refractivity contribution < 1.29 is 9.53 Å². The number of carbonyl (C=O) groups excluding carboxylic acids is 1. The molecule has 0 fully saturated rings.